The van der Waals surface area contributed by atoms with Gasteiger partial charge in [-0.1, -0.05) is 0 Å². The fraction of sp³-hybridized carbons (Fsp3) is 0.312. The van der Waals surface area contributed by atoms with Crippen LogP contribution in [0, 0.1) is 0 Å². The summed E-state index contributed by atoms with van der Waals surface area (Å²) in [5, 5.41) is 2.93. The lowest BCUT2D eigenvalue weighted by Crippen LogP contribution is -2.09. The zero-order valence-corrected chi connectivity index (χ0v) is 12.3. The predicted octanol–water partition coefficient (Wildman–Crippen LogP) is 3.61. The van der Waals surface area contributed by atoms with Gasteiger partial charge in [0.1, 0.15) is 0 Å². The van der Waals surface area contributed by atoms with E-state index >= 15 is 0 Å². The summed E-state index contributed by atoms with van der Waals surface area (Å²) in [5.74, 6) is 1.35. The third-order valence-electron chi connectivity index (χ3n) is 3.85. The van der Waals surface area contributed by atoms with Crippen LogP contribution in [0.1, 0.15) is 33.0 Å². The van der Waals surface area contributed by atoms with Gasteiger partial charge >= 0.3 is 0 Å². The van der Waals surface area contributed by atoms with Gasteiger partial charge in [0.2, 0.25) is 6.79 Å². The number of hydrogen-bond acceptors (Lipinski definition) is 4. The van der Waals surface area contributed by atoms with E-state index in [1.807, 2.05) is 18.2 Å². The molecule has 1 N–H and O–H groups in total. The van der Waals surface area contributed by atoms with Crippen molar-refractivity contribution in [2.75, 3.05) is 12.1 Å². The van der Waals surface area contributed by atoms with Gasteiger partial charge in [-0.25, -0.2) is 0 Å². The van der Waals surface area contributed by atoms with Crippen molar-refractivity contribution < 1.29 is 14.3 Å². The van der Waals surface area contributed by atoms with E-state index in [9.17, 15) is 4.79 Å². The Hall–Kier alpha value is -2.01. The highest BCUT2D eigenvalue weighted by atomic mass is 32.1. The second-order valence-corrected chi connectivity index (χ2v) is 6.43. The zero-order valence-electron chi connectivity index (χ0n) is 11.5. The van der Waals surface area contributed by atoms with Crippen molar-refractivity contribution in [2.24, 2.45) is 0 Å². The van der Waals surface area contributed by atoms with Crippen LogP contribution in [0.2, 0.25) is 0 Å². The molecular weight excluding hydrogens is 286 g/mol. The van der Waals surface area contributed by atoms with Crippen LogP contribution in [-0.2, 0) is 12.8 Å². The largest absolute Gasteiger partial charge is 0.454 e. The maximum absolute atomic E-state index is 12.4. The van der Waals surface area contributed by atoms with Crippen LogP contribution < -0.4 is 14.8 Å². The Morgan fingerprint density at radius 1 is 1.10 bits per heavy atom. The number of amides is 1. The van der Waals surface area contributed by atoms with Crippen molar-refractivity contribution in [3.05, 3.63) is 39.6 Å². The number of carbonyl (C=O) groups excluding carboxylic acids is 1. The van der Waals surface area contributed by atoms with Crippen LogP contribution in [0.15, 0.2) is 24.3 Å². The van der Waals surface area contributed by atoms with E-state index < -0.39 is 0 Å². The number of thiophene rings is 1. The van der Waals surface area contributed by atoms with Crippen molar-refractivity contribution in [3.63, 3.8) is 0 Å². The lowest BCUT2D eigenvalue weighted by Gasteiger charge is -2.08. The number of ether oxygens (including phenoxy) is 2. The Bertz CT molecular complexity index is 684. The van der Waals surface area contributed by atoms with Crippen molar-refractivity contribution in [1.29, 1.82) is 0 Å². The van der Waals surface area contributed by atoms with Crippen molar-refractivity contribution in [3.8, 4) is 11.5 Å². The summed E-state index contributed by atoms with van der Waals surface area (Å²) in [7, 11) is 0. The highest BCUT2D eigenvalue weighted by molar-refractivity contribution is 7.14. The highest BCUT2D eigenvalue weighted by Crippen LogP contribution is 2.35. The normalized spacial score (nSPS) is 15.6. The zero-order chi connectivity index (χ0) is 14.2. The highest BCUT2D eigenvalue weighted by Gasteiger charge is 2.18. The van der Waals surface area contributed by atoms with Gasteiger partial charge < -0.3 is 14.8 Å². The standard InChI is InChI=1S/C16H15NO3S/c18-16(15-7-10-3-1-2-4-14(10)21-15)17-11-5-6-12-13(8-11)20-9-19-12/h5-8H,1-4,9H2,(H,17,18). The second-order valence-electron chi connectivity index (χ2n) is 5.29. The third kappa shape index (κ3) is 2.38. The molecule has 1 aliphatic carbocycles. The first kappa shape index (κ1) is 12.7. The molecule has 0 saturated carbocycles. The monoisotopic (exact) mass is 301 g/mol. The summed E-state index contributed by atoms with van der Waals surface area (Å²) >= 11 is 1.62. The molecule has 0 spiro atoms. The van der Waals surface area contributed by atoms with Crippen LogP contribution in [0.5, 0.6) is 11.5 Å². The number of nitrogens with one attached hydrogen (secondary N) is 1. The molecule has 0 bridgehead atoms. The molecule has 1 aromatic heterocycles. The molecule has 0 radical (unpaired) electrons. The van der Waals surface area contributed by atoms with Crippen molar-refractivity contribution in [1.82, 2.24) is 0 Å². The second kappa shape index (κ2) is 5.07. The minimum absolute atomic E-state index is 0.0479. The molecule has 0 fully saturated rings. The number of hydrogen-bond donors (Lipinski definition) is 1. The van der Waals surface area contributed by atoms with Gasteiger partial charge in [-0.15, -0.1) is 11.3 Å². The lowest BCUT2D eigenvalue weighted by molar-refractivity contribution is 0.103. The summed E-state index contributed by atoms with van der Waals surface area (Å²) in [6, 6.07) is 7.49. The van der Waals surface area contributed by atoms with E-state index in [1.54, 1.807) is 17.4 Å². The van der Waals surface area contributed by atoms with E-state index in [-0.39, 0.29) is 12.7 Å². The van der Waals surface area contributed by atoms with Crippen molar-refractivity contribution in [2.45, 2.75) is 25.7 Å². The van der Waals surface area contributed by atoms with Gasteiger partial charge in [0, 0.05) is 16.6 Å². The average molecular weight is 301 g/mol. The fourth-order valence-electron chi connectivity index (χ4n) is 2.77. The van der Waals surface area contributed by atoms with Gasteiger partial charge in [-0.2, -0.15) is 0 Å². The van der Waals surface area contributed by atoms with Crippen LogP contribution in [0.3, 0.4) is 0 Å². The van der Waals surface area contributed by atoms with Gasteiger partial charge in [-0.05, 0) is 49.4 Å². The maximum Gasteiger partial charge on any atom is 0.265 e. The molecule has 108 valence electrons. The molecule has 5 heteroatoms. The van der Waals surface area contributed by atoms with Gasteiger partial charge in [-0.3, -0.25) is 4.79 Å². The van der Waals surface area contributed by atoms with Gasteiger partial charge in [0.05, 0.1) is 4.88 Å². The molecule has 2 aliphatic rings. The summed E-state index contributed by atoms with van der Waals surface area (Å²) in [6.07, 6.45) is 4.67. The summed E-state index contributed by atoms with van der Waals surface area (Å²) in [6.45, 7) is 0.240. The van der Waals surface area contributed by atoms with Crippen molar-refractivity contribution >= 4 is 22.9 Å². The van der Waals surface area contributed by atoms with E-state index in [1.165, 1.54) is 23.3 Å². The smallest absolute Gasteiger partial charge is 0.265 e. The van der Waals surface area contributed by atoms with Gasteiger partial charge in [0.15, 0.2) is 11.5 Å². The van der Waals surface area contributed by atoms with E-state index in [4.69, 9.17) is 9.47 Å². The van der Waals surface area contributed by atoms with Crippen LogP contribution in [0.4, 0.5) is 5.69 Å². The third-order valence-corrected chi connectivity index (χ3v) is 5.09. The first-order valence-electron chi connectivity index (χ1n) is 7.12. The molecule has 0 atom stereocenters. The van der Waals surface area contributed by atoms with Crippen LogP contribution in [-0.4, -0.2) is 12.7 Å². The number of anilines is 1. The molecule has 1 aliphatic heterocycles. The number of benzene rings is 1. The number of rotatable bonds is 2. The van der Waals surface area contributed by atoms with E-state index in [0.717, 1.165) is 29.2 Å². The Balaban J connectivity index is 1.54. The molecule has 4 nitrogen and oxygen atoms in total. The molecular formula is C16H15NO3S. The first-order chi connectivity index (χ1) is 10.3. The molecule has 4 rings (SSSR count). The Morgan fingerprint density at radius 2 is 1.95 bits per heavy atom. The maximum atomic E-state index is 12.4. The fourth-order valence-corrected chi connectivity index (χ4v) is 3.92. The molecule has 2 aromatic rings. The minimum atomic E-state index is -0.0479. The molecule has 1 amide bonds. The van der Waals surface area contributed by atoms with Crippen LogP contribution in [0.25, 0.3) is 0 Å². The predicted molar refractivity (Wildman–Crippen MR) is 81.5 cm³/mol. The molecule has 21 heavy (non-hydrogen) atoms. The first-order valence-corrected chi connectivity index (χ1v) is 7.94. The Kier molecular flexibility index (Phi) is 3.07. The Labute approximate surface area is 126 Å². The topological polar surface area (TPSA) is 47.6 Å². The summed E-state index contributed by atoms with van der Waals surface area (Å²) < 4.78 is 10.6. The molecule has 2 heterocycles. The lowest BCUT2D eigenvalue weighted by atomic mass is 9.99. The quantitative estimate of drug-likeness (QED) is 0.922. The average Bonchev–Trinajstić information content (AvgIpc) is 3.13. The number of aryl methyl sites for hydroxylation is 2. The van der Waals surface area contributed by atoms with Gasteiger partial charge in [0.25, 0.3) is 5.91 Å². The SMILES string of the molecule is O=C(Nc1ccc2c(c1)OCO2)c1cc2c(s1)CCCC2. The number of carbonyl (C=O) groups is 1. The van der Waals surface area contributed by atoms with Crippen LogP contribution >= 0.6 is 11.3 Å². The van der Waals surface area contributed by atoms with E-state index in [2.05, 4.69) is 5.32 Å². The Morgan fingerprint density at radius 3 is 2.86 bits per heavy atom. The summed E-state index contributed by atoms with van der Waals surface area (Å²) in [5.41, 5.74) is 2.08. The van der Waals surface area contributed by atoms with E-state index in [0.29, 0.717) is 5.75 Å². The molecule has 0 unspecified atom stereocenters. The minimum Gasteiger partial charge on any atom is -0.454 e. The summed E-state index contributed by atoms with van der Waals surface area (Å²) in [4.78, 5) is 14.5. The molecule has 0 saturated heterocycles. The molecule has 1 aromatic carbocycles. The number of fused-ring (bicyclic) bond motifs is 2.